The largest absolute Gasteiger partial charge is 0.463 e. The minimum absolute atomic E-state index is 0.0183. The van der Waals surface area contributed by atoms with Crippen molar-refractivity contribution in [2.45, 2.75) is 0 Å². The normalized spacial score (nSPS) is 8.00. The van der Waals surface area contributed by atoms with Crippen LogP contribution in [0.5, 0.6) is 0 Å². The predicted molar refractivity (Wildman–Crippen MR) is 36.3 cm³/mol. The molecule has 11 heavy (non-hydrogen) atoms. The van der Waals surface area contributed by atoms with Crippen LogP contribution >= 0.6 is 0 Å². The number of hydrogen-bond acceptors (Lipinski definition) is 3. The van der Waals surface area contributed by atoms with Crippen LogP contribution in [0.15, 0.2) is 18.9 Å². The number of nitrogens with zero attached hydrogens (tertiary/aromatic N) is 1. The minimum atomic E-state index is -1.38. The fourth-order valence-electron chi connectivity index (χ4n) is 0.329. The van der Waals surface area contributed by atoms with Crippen molar-refractivity contribution >= 4 is 12.0 Å². The molecule has 0 bridgehead atoms. The van der Waals surface area contributed by atoms with Crippen LogP contribution in [0.2, 0.25) is 0 Å². The Hall–Kier alpha value is -1.58. The highest BCUT2D eigenvalue weighted by atomic mass is 16.7. The summed E-state index contributed by atoms with van der Waals surface area (Å²) in [6, 6.07) is 0. The summed E-state index contributed by atoms with van der Waals surface area (Å²) in [5, 5.41) is 8.64. The summed E-state index contributed by atoms with van der Waals surface area (Å²) >= 11 is 0. The Kier molecular flexibility index (Phi) is 4.47. The molecule has 0 unspecified atom stereocenters. The van der Waals surface area contributed by atoms with E-state index in [1.54, 1.807) is 0 Å². The first-order chi connectivity index (χ1) is 5.22. The van der Waals surface area contributed by atoms with Gasteiger partial charge in [-0.15, -0.1) is 11.6 Å². The summed E-state index contributed by atoms with van der Waals surface area (Å²) in [4.78, 5) is 24.3. The molecule has 0 aromatic carbocycles. The Morgan fingerprint density at radius 1 is 1.82 bits per heavy atom. The van der Waals surface area contributed by atoms with Gasteiger partial charge in [0.15, 0.2) is 0 Å². The summed E-state index contributed by atoms with van der Waals surface area (Å²) < 4.78 is 0. The van der Waals surface area contributed by atoms with Crippen LogP contribution in [0.25, 0.3) is 0 Å². The number of carbonyl (C=O) groups excluding carboxylic acids is 1. The van der Waals surface area contributed by atoms with E-state index in [0.29, 0.717) is 11.3 Å². The molecule has 0 aliphatic heterocycles. The maximum absolute atomic E-state index is 10.2. The van der Waals surface area contributed by atoms with E-state index in [2.05, 4.69) is 11.4 Å². The highest BCUT2D eigenvalue weighted by Gasteiger charge is 2.07. The third kappa shape index (κ3) is 3.91. The van der Waals surface area contributed by atoms with Crippen molar-refractivity contribution in [3.05, 3.63) is 18.9 Å². The van der Waals surface area contributed by atoms with E-state index in [1.807, 2.05) is 0 Å². The van der Waals surface area contributed by atoms with Crippen LogP contribution in [0.4, 0.5) is 4.79 Å². The lowest BCUT2D eigenvalue weighted by Crippen LogP contribution is -2.24. The lowest BCUT2D eigenvalue weighted by Gasteiger charge is -2.09. The second-order valence-electron chi connectivity index (χ2n) is 1.44. The SMILES string of the molecule is C=CCON(C=C=O)C(=O)O. The van der Waals surface area contributed by atoms with E-state index in [0.717, 1.165) is 0 Å². The molecule has 1 amide bonds. The van der Waals surface area contributed by atoms with Crippen LogP contribution in [0.1, 0.15) is 0 Å². The summed E-state index contributed by atoms with van der Waals surface area (Å²) in [7, 11) is 0. The second-order valence-corrected chi connectivity index (χ2v) is 1.44. The summed E-state index contributed by atoms with van der Waals surface area (Å²) in [5.74, 6) is 1.27. The quantitative estimate of drug-likeness (QED) is 0.365. The van der Waals surface area contributed by atoms with Crippen molar-refractivity contribution in [1.29, 1.82) is 0 Å². The smallest absolute Gasteiger partial charge is 0.436 e. The van der Waals surface area contributed by atoms with Gasteiger partial charge >= 0.3 is 6.09 Å². The van der Waals surface area contributed by atoms with Crippen molar-refractivity contribution in [2.75, 3.05) is 6.61 Å². The van der Waals surface area contributed by atoms with E-state index < -0.39 is 6.09 Å². The number of hydroxylamine groups is 2. The monoisotopic (exact) mass is 157 g/mol. The lowest BCUT2D eigenvalue weighted by atomic mass is 10.7. The van der Waals surface area contributed by atoms with Crippen LogP contribution < -0.4 is 0 Å². The molecule has 0 saturated heterocycles. The van der Waals surface area contributed by atoms with Gasteiger partial charge in [-0.2, -0.15) is 0 Å². The van der Waals surface area contributed by atoms with E-state index in [-0.39, 0.29) is 6.61 Å². The molecular weight excluding hydrogens is 150 g/mol. The Labute approximate surface area is 63.1 Å². The lowest BCUT2D eigenvalue weighted by molar-refractivity contribution is -0.0813. The highest BCUT2D eigenvalue weighted by Crippen LogP contribution is 1.90. The van der Waals surface area contributed by atoms with Gasteiger partial charge in [0.1, 0.15) is 12.1 Å². The fraction of sp³-hybridized carbons (Fsp3) is 0.167. The molecule has 0 aliphatic carbocycles. The average molecular weight is 157 g/mol. The molecule has 0 aliphatic rings. The fourth-order valence-corrected chi connectivity index (χ4v) is 0.329. The Morgan fingerprint density at radius 3 is 2.82 bits per heavy atom. The zero-order valence-corrected chi connectivity index (χ0v) is 5.69. The molecule has 0 heterocycles. The summed E-state index contributed by atoms with van der Waals surface area (Å²) in [6.07, 6.45) is 0.607. The minimum Gasteiger partial charge on any atom is -0.463 e. The van der Waals surface area contributed by atoms with Crippen molar-refractivity contribution in [2.24, 2.45) is 0 Å². The van der Waals surface area contributed by atoms with Crippen LogP contribution in [-0.4, -0.2) is 28.8 Å². The van der Waals surface area contributed by atoms with Crippen molar-refractivity contribution in [3.63, 3.8) is 0 Å². The molecule has 1 N–H and O–H groups in total. The molecule has 0 spiro atoms. The molecular formula is C6H7NO4. The number of carbonyl (C=O) groups is 1. The molecule has 0 aromatic rings. The predicted octanol–water partition coefficient (Wildman–Crippen LogP) is 0.429. The molecule has 0 atom stereocenters. The molecule has 5 nitrogen and oxygen atoms in total. The third-order valence-corrected chi connectivity index (χ3v) is 0.690. The van der Waals surface area contributed by atoms with Gasteiger partial charge in [-0.3, -0.25) is 4.84 Å². The first-order valence-electron chi connectivity index (χ1n) is 2.69. The molecule has 0 fully saturated rings. The van der Waals surface area contributed by atoms with Crippen molar-refractivity contribution < 1.29 is 19.5 Å². The van der Waals surface area contributed by atoms with Gasteiger partial charge < -0.3 is 5.11 Å². The summed E-state index contributed by atoms with van der Waals surface area (Å²) in [5.41, 5.74) is 0. The van der Waals surface area contributed by atoms with Crippen LogP contribution in [-0.2, 0) is 9.63 Å². The van der Waals surface area contributed by atoms with Crippen molar-refractivity contribution in [1.82, 2.24) is 5.06 Å². The van der Waals surface area contributed by atoms with E-state index in [1.165, 1.54) is 12.0 Å². The molecule has 0 aromatic heterocycles. The highest BCUT2D eigenvalue weighted by molar-refractivity contribution is 5.67. The zero-order chi connectivity index (χ0) is 8.69. The second kappa shape index (κ2) is 5.22. The summed E-state index contributed by atoms with van der Waals surface area (Å²) in [6.45, 7) is 3.31. The van der Waals surface area contributed by atoms with Crippen LogP contribution in [0, 0.1) is 0 Å². The third-order valence-electron chi connectivity index (χ3n) is 0.690. The Bertz CT molecular complexity index is 193. The molecule has 0 radical (unpaired) electrons. The van der Waals surface area contributed by atoms with Gasteiger partial charge in [-0.1, -0.05) is 6.08 Å². The Morgan fingerprint density at radius 2 is 2.45 bits per heavy atom. The average Bonchev–Trinajstić information content (AvgIpc) is 1.97. The van der Waals surface area contributed by atoms with Gasteiger partial charge in [-0.25, -0.2) is 9.59 Å². The maximum Gasteiger partial charge on any atom is 0.436 e. The molecule has 60 valence electrons. The van der Waals surface area contributed by atoms with Gasteiger partial charge in [0.25, 0.3) is 0 Å². The molecule has 5 heteroatoms. The topological polar surface area (TPSA) is 66.8 Å². The van der Waals surface area contributed by atoms with Crippen LogP contribution in [0.3, 0.4) is 0 Å². The van der Waals surface area contributed by atoms with Gasteiger partial charge in [0, 0.05) is 0 Å². The van der Waals surface area contributed by atoms with Gasteiger partial charge in [-0.05, 0) is 0 Å². The Balaban J connectivity index is 3.99. The van der Waals surface area contributed by atoms with E-state index in [4.69, 9.17) is 5.11 Å². The standard InChI is InChI=1S/C6H7NO4/c1-2-5-11-7(3-4-8)6(9)10/h2-3H,1,5H2,(H,9,10). The van der Waals surface area contributed by atoms with Gasteiger partial charge in [0.05, 0.1) is 6.61 Å². The van der Waals surface area contributed by atoms with Gasteiger partial charge in [0.2, 0.25) is 0 Å². The number of carboxylic acid groups (broad SMARTS) is 1. The first-order valence-corrected chi connectivity index (χ1v) is 2.69. The first kappa shape index (κ1) is 9.42. The number of amides is 1. The maximum atomic E-state index is 10.2. The van der Waals surface area contributed by atoms with E-state index >= 15 is 0 Å². The molecule has 0 rings (SSSR count). The number of rotatable bonds is 4. The van der Waals surface area contributed by atoms with Crippen molar-refractivity contribution in [3.8, 4) is 0 Å². The van der Waals surface area contributed by atoms with E-state index in [9.17, 15) is 9.59 Å². The molecule has 0 saturated carbocycles. The zero-order valence-electron chi connectivity index (χ0n) is 5.69. The number of hydrogen-bond donors (Lipinski definition) is 1.